The Balaban J connectivity index is 1.58. The summed E-state index contributed by atoms with van der Waals surface area (Å²) < 4.78 is 73.7. The van der Waals surface area contributed by atoms with Gasteiger partial charge in [-0.1, -0.05) is 6.08 Å². The third kappa shape index (κ3) is 6.54. The average Bonchev–Trinajstić information content (AvgIpc) is 3.53. The van der Waals surface area contributed by atoms with Crippen molar-refractivity contribution in [3.8, 4) is 5.82 Å². The average molecular weight is 566 g/mol. The van der Waals surface area contributed by atoms with Crippen LogP contribution >= 0.6 is 0 Å². The van der Waals surface area contributed by atoms with E-state index in [0.29, 0.717) is 29.6 Å². The molecule has 2 aromatic heterocycles. The number of carbonyl (C=O) groups excluding carboxylic acids is 1. The van der Waals surface area contributed by atoms with E-state index in [2.05, 4.69) is 25.1 Å². The van der Waals surface area contributed by atoms with E-state index in [-0.39, 0.29) is 17.4 Å². The molecule has 0 bridgehead atoms. The normalized spacial score (nSPS) is 14.3. The number of ether oxygens (including phenoxy) is 1. The van der Waals surface area contributed by atoms with Crippen LogP contribution in [-0.4, -0.2) is 64.9 Å². The molecule has 11 nitrogen and oxygen atoms in total. The molecule has 0 aliphatic carbocycles. The molecule has 0 spiro atoms. The molecule has 0 radical (unpaired) electrons. The number of rotatable bonds is 6. The first-order valence-electron chi connectivity index (χ1n) is 11.6. The van der Waals surface area contributed by atoms with Crippen LogP contribution in [0.3, 0.4) is 0 Å². The number of alkyl halides is 3. The Morgan fingerprint density at radius 1 is 1.10 bits per heavy atom. The van der Waals surface area contributed by atoms with Crippen LogP contribution in [0, 0.1) is 0 Å². The summed E-state index contributed by atoms with van der Waals surface area (Å²) >= 11 is 0. The van der Waals surface area contributed by atoms with Crippen molar-refractivity contribution in [2.75, 3.05) is 25.5 Å². The maximum atomic E-state index is 13.8. The number of hydrogen-bond donors (Lipinski definition) is 2. The topological polar surface area (TPSA) is 131 Å². The number of nitrogens with zero attached hydrogens (tertiary/aromatic N) is 5. The zero-order valence-corrected chi connectivity index (χ0v) is 22.3. The molecule has 15 heteroatoms. The highest BCUT2D eigenvalue weighted by atomic mass is 32.2. The highest BCUT2D eigenvalue weighted by Gasteiger charge is 2.36. The van der Waals surface area contributed by atoms with E-state index in [1.165, 1.54) is 48.6 Å². The molecule has 1 amide bonds. The fourth-order valence-electron chi connectivity index (χ4n) is 3.61. The third-order valence-corrected chi connectivity index (χ3v) is 6.94. The largest absolute Gasteiger partial charge is 0.444 e. The van der Waals surface area contributed by atoms with Crippen molar-refractivity contribution in [1.82, 2.24) is 29.4 Å². The van der Waals surface area contributed by atoms with Crippen LogP contribution in [0.15, 0.2) is 53.8 Å². The number of halogens is 3. The lowest BCUT2D eigenvalue weighted by atomic mass is 10.1. The molecule has 39 heavy (non-hydrogen) atoms. The van der Waals surface area contributed by atoms with Gasteiger partial charge in [0.2, 0.25) is 16.0 Å². The van der Waals surface area contributed by atoms with Crippen molar-refractivity contribution in [3.05, 3.63) is 60.1 Å². The van der Waals surface area contributed by atoms with Gasteiger partial charge in [-0.25, -0.2) is 27.6 Å². The Morgan fingerprint density at radius 2 is 1.79 bits per heavy atom. The van der Waals surface area contributed by atoms with Gasteiger partial charge in [-0.3, -0.25) is 0 Å². The van der Waals surface area contributed by atoms with Crippen molar-refractivity contribution in [2.24, 2.45) is 0 Å². The van der Waals surface area contributed by atoms with E-state index >= 15 is 0 Å². The van der Waals surface area contributed by atoms with Gasteiger partial charge in [0, 0.05) is 36.7 Å². The zero-order valence-electron chi connectivity index (χ0n) is 21.4. The fraction of sp³-hybridized carbons (Fsp3) is 0.333. The summed E-state index contributed by atoms with van der Waals surface area (Å²) in [5, 5.41) is 6.85. The molecule has 0 saturated carbocycles. The first kappa shape index (κ1) is 28.0. The number of anilines is 2. The summed E-state index contributed by atoms with van der Waals surface area (Å²) in [5.74, 6) is -0.668. The van der Waals surface area contributed by atoms with Gasteiger partial charge in [-0.15, -0.1) is 0 Å². The molecular weight excluding hydrogens is 539 g/mol. The predicted octanol–water partition coefficient (Wildman–Crippen LogP) is 3.97. The standard InChI is InChI=1S/C24H26F3N7O4S/c1-23(2,3)38-22(35)33-10-9-15(13-33)16-11-30-34(14-16)20-19(24(25,26)27)12-29-21(32-20)31-17-5-7-18(8-6-17)39(36,37)28-4/h5-9,11-12,14,28H,10,13H2,1-4H3,(H,29,31,32). The second-order valence-corrected chi connectivity index (χ2v) is 11.4. The van der Waals surface area contributed by atoms with Crippen LogP contribution in [0.2, 0.25) is 0 Å². The van der Waals surface area contributed by atoms with Crippen LogP contribution in [0.1, 0.15) is 31.9 Å². The number of benzene rings is 1. The highest BCUT2D eigenvalue weighted by Crippen LogP contribution is 2.34. The lowest BCUT2D eigenvalue weighted by Gasteiger charge is -2.24. The summed E-state index contributed by atoms with van der Waals surface area (Å²) in [5.41, 5.74) is -0.193. The van der Waals surface area contributed by atoms with Crippen LogP contribution in [0.4, 0.5) is 29.6 Å². The van der Waals surface area contributed by atoms with Crippen LogP contribution in [0.5, 0.6) is 0 Å². The Morgan fingerprint density at radius 3 is 2.41 bits per heavy atom. The van der Waals surface area contributed by atoms with Crippen molar-refractivity contribution in [2.45, 2.75) is 37.4 Å². The van der Waals surface area contributed by atoms with E-state index in [1.807, 2.05) is 0 Å². The minimum atomic E-state index is -4.76. The molecule has 0 unspecified atom stereocenters. The first-order chi connectivity index (χ1) is 18.2. The van der Waals surface area contributed by atoms with Gasteiger partial charge >= 0.3 is 12.3 Å². The van der Waals surface area contributed by atoms with Crippen LogP contribution in [0.25, 0.3) is 11.4 Å². The number of amides is 1. The SMILES string of the molecule is CNS(=O)(=O)c1ccc(Nc2ncc(C(F)(F)F)c(-n3cc(C4=CCN(C(=O)OC(C)(C)C)C4)cn3)n2)cc1. The monoisotopic (exact) mass is 565 g/mol. The predicted molar refractivity (Wildman–Crippen MR) is 136 cm³/mol. The minimum Gasteiger partial charge on any atom is -0.444 e. The molecule has 0 fully saturated rings. The number of nitrogens with one attached hydrogen (secondary N) is 2. The van der Waals surface area contributed by atoms with Gasteiger partial charge in [0.1, 0.15) is 11.2 Å². The summed E-state index contributed by atoms with van der Waals surface area (Å²) in [6.07, 6.45) is -0.0533. The highest BCUT2D eigenvalue weighted by molar-refractivity contribution is 7.89. The van der Waals surface area contributed by atoms with Crippen molar-refractivity contribution >= 4 is 33.3 Å². The van der Waals surface area contributed by atoms with E-state index < -0.39 is 39.3 Å². The van der Waals surface area contributed by atoms with E-state index in [1.54, 1.807) is 26.8 Å². The number of aromatic nitrogens is 4. The number of carbonyl (C=O) groups is 1. The summed E-state index contributed by atoms with van der Waals surface area (Å²) in [7, 11) is -2.37. The van der Waals surface area contributed by atoms with E-state index in [0.717, 1.165) is 4.68 Å². The molecule has 0 atom stereocenters. The molecule has 208 valence electrons. The molecule has 3 heterocycles. The molecule has 0 saturated heterocycles. The number of hydrogen-bond acceptors (Lipinski definition) is 8. The first-order valence-corrected chi connectivity index (χ1v) is 13.1. The van der Waals surface area contributed by atoms with Gasteiger partial charge in [-0.05, 0) is 57.7 Å². The van der Waals surface area contributed by atoms with Gasteiger partial charge < -0.3 is 15.0 Å². The maximum Gasteiger partial charge on any atom is 0.421 e. The van der Waals surface area contributed by atoms with Gasteiger partial charge in [0.15, 0.2) is 5.82 Å². The molecule has 1 aromatic carbocycles. The summed E-state index contributed by atoms with van der Waals surface area (Å²) in [6.45, 7) is 5.77. The smallest absolute Gasteiger partial charge is 0.421 e. The summed E-state index contributed by atoms with van der Waals surface area (Å²) in [6, 6.07) is 5.52. The van der Waals surface area contributed by atoms with Crippen LogP contribution < -0.4 is 10.0 Å². The van der Waals surface area contributed by atoms with Gasteiger partial charge in [-0.2, -0.15) is 23.3 Å². The van der Waals surface area contributed by atoms with E-state index in [9.17, 15) is 26.4 Å². The minimum absolute atomic E-state index is 0.0140. The summed E-state index contributed by atoms with van der Waals surface area (Å²) in [4.78, 5) is 21.7. The zero-order chi connectivity index (χ0) is 28.6. The molecule has 1 aliphatic heterocycles. The maximum absolute atomic E-state index is 13.8. The molecule has 4 rings (SSSR count). The molecular formula is C24H26F3N7O4S. The van der Waals surface area contributed by atoms with Crippen LogP contribution in [-0.2, 0) is 20.9 Å². The molecule has 1 aliphatic rings. The Labute approximate surface area is 222 Å². The van der Waals surface area contributed by atoms with Crippen molar-refractivity contribution in [3.63, 3.8) is 0 Å². The second kappa shape index (κ2) is 10.3. The lowest BCUT2D eigenvalue weighted by molar-refractivity contribution is -0.138. The molecule has 2 N–H and O–H groups in total. The Kier molecular flexibility index (Phi) is 7.40. The fourth-order valence-corrected chi connectivity index (χ4v) is 4.34. The quantitative estimate of drug-likeness (QED) is 0.459. The molecule has 3 aromatic rings. The Bertz CT molecular complexity index is 1510. The van der Waals surface area contributed by atoms with E-state index in [4.69, 9.17) is 4.74 Å². The van der Waals surface area contributed by atoms with Crippen molar-refractivity contribution in [1.29, 1.82) is 0 Å². The lowest BCUT2D eigenvalue weighted by Crippen LogP contribution is -2.35. The second-order valence-electron chi connectivity index (χ2n) is 9.55. The number of sulfonamides is 1. The van der Waals surface area contributed by atoms with Gasteiger partial charge in [0.05, 0.1) is 11.1 Å². The van der Waals surface area contributed by atoms with Crippen molar-refractivity contribution < 1.29 is 31.1 Å². The van der Waals surface area contributed by atoms with Gasteiger partial charge in [0.25, 0.3) is 0 Å². The Hall–Kier alpha value is -3.98. The third-order valence-electron chi connectivity index (χ3n) is 5.50.